The van der Waals surface area contributed by atoms with Gasteiger partial charge in [0.2, 0.25) is 0 Å². The van der Waals surface area contributed by atoms with Crippen LogP contribution in [0.2, 0.25) is 0 Å². The van der Waals surface area contributed by atoms with Gasteiger partial charge in [-0.25, -0.2) is 0 Å². The summed E-state index contributed by atoms with van der Waals surface area (Å²) in [6.45, 7) is 4.95. The van der Waals surface area contributed by atoms with Gasteiger partial charge in [-0.15, -0.1) is 0 Å². The van der Waals surface area contributed by atoms with E-state index in [9.17, 15) is 15.2 Å². The third-order valence-corrected chi connectivity index (χ3v) is 2.62. The smallest absolute Gasteiger partial charge is 0.313 e. The topological polar surface area (TPSA) is 84.6 Å². The highest BCUT2D eigenvalue weighted by atomic mass is 16.6. The molecule has 2 N–H and O–H groups in total. The van der Waals surface area contributed by atoms with Crippen LogP contribution in [0.25, 0.3) is 0 Å². The van der Waals surface area contributed by atoms with Gasteiger partial charge in [0.15, 0.2) is 5.75 Å². The van der Waals surface area contributed by atoms with E-state index >= 15 is 0 Å². The molecule has 1 rings (SSSR count). The normalized spacial score (nSPS) is 12.2. The first-order valence-corrected chi connectivity index (χ1v) is 6.31. The molecule has 0 fully saturated rings. The van der Waals surface area contributed by atoms with Gasteiger partial charge < -0.3 is 15.2 Å². The van der Waals surface area contributed by atoms with Gasteiger partial charge >= 0.3 is 5.69 Å². The van der Waals surface area contributed by atoms with E-state index in [4.69, 9.17) is 4.74 Å². The Kier molecular flexibility index (Phi) is 6.24. The Labute approximate surface area is 112 Å². The Bertz CT molecular complexity index is 423. The van der Waals surface area contributed by atoms with Crippen molar-refractivity contribution in [1.29, 1.82) is 0 Å². The first-order valence-electron chi connectivity index (χ1n) is 6.31. The van der Waals surface area contributed by atoms with Crippen molar-refractivity contribution in [3.05, 3.63) is 33.9 Å². The van der Waals surface area contributed by atoms with Crippen molar-refractivity contribution in [2.45, 2.75) is 26.4 Å². The fraction of sp³-hybridized carbons (Fsp3) is 0.538. The van der Waals surface area contributed by atoms with Crippen LogP contribution in [0.5, 0.6) is 5.75 Å². The minimum atomic E-state index is -0.688. The van der Waals surface area contributed by atoms with Crippen molar-refractivity contribution >= 4 is 5.69 Å². The van der Waals surface area contributed by atoms with Gasteiger partial charge in [0, 0.05) is 12.1 Å². The molecule has 1 unspecified atom stereocenters. The summed E-state index contributed by atoms with van der Waals surface area (Å²) in [7, 11) is 0. The average molecular weight is 268 g/mol. The molecule has 1 atom stereocenters. The zero-order valence-corrected chi connectivity index (χ0v) is 11.3. The van der Waals surface area contributed by atoms with E-state index in [1.54, 1.807) is 19.1 Å². The minimum absolute atomic E-state index is 0.0288. The third kappa shape index (κ3) is 4.84. The summed E-state index contributed by atoms with van der Waals surface area (Å²) in [4.78, 5) is 10.5. The number of hydrogen-bond acceptors (Lipinski definition) is 5. The molecule has 0 saturated carbocycles. The van der Waals surface area contributed by atoms with Gasteiger partial charge in [-0.1, -0.05) is 19.1 Å². The van der Waals surface area contributed by atoms with Gasteiger partial charge in [0.05, 0.1) is 4.92 Å². The van der Waals surface area contributed by atoms with Gasteiger partial charge in [-0.05, 0) is 26.0 Å². The molecule has 0 aliphatic carbocycles. The number of nitro groups is 1. The lowest BCUT2D eigenvalue weighted by Crippen LogP contribution is -2.31. The second kappa shape index (κ2) is 7.70. The van der Waals surface area contributed by atoms with Crippen molar-refractivity contribution in [3.8, 4) is 5.75 Å². The van der Waals surface area contributed by atoms with Gasteiger partial charge in [-0.2, -0.15) is 0 Å². The first kappa shape index (κ1) is 15.4. The summed E-state index contributed by atoms with van der Waals surface area (Å²) in [5.74, 6) is 0.194. The Morgan fingerprint density at radius 1 is 1.53 bits per heavy atom. The van der Waals surface area contributed by atoms with Gasteiger partial charge in [0.1, 0.15) is 12.7 Å². The molecule has 19 heavy (non-hydrogen) atoms. The van der Waals surface area contributed by atoms with Crippen molar-refractivity contribution in [1.82, 2.24) is 5.32 Å². The van der Waals surface area contributed by atoms with Gasteiger partial charge in [0.25, 0.3) is 0 Å². The lowest BCUT2D eigenvalue weighted by atomic mass is 10.2. The number of nitrogens with one attached hydrogen (secondary N) is 1. The molecule has 0 aliphatic heterocycles. The van der Waals surface area contributed by atoms with Crippen LogP contribution in [0.1, 0.15) is 18.9 Å². The molecule has 0 radical (unpaired) electrons. The molecule has 0 bridgehead atoms. The number of aliphatic hydroxyl groups is 1. The van der Waals surface area contributed by atoms with E-state index in [0.717, 1.165) is 13.0 Å². The number of aliphatic hydroxyl groups excluding tert-OH is 1. The number of rotatable bonds is 8. The Hall–Kier alpha value is -1.66. The minimum Gasteiger partial charge on any atom is -0.484 e. The van der Waals surface area contributed by atoms with E-state index in [0.29, 0.717) is 12.1 Å². The molecule has 0 aliphatic rings. The average Bonchev–Trinajstić information content (AvgIpc) is 2.36. The molecule has 6 nitrogen and oxygen atoms in total. The second-order valence-electron chi connectivity index (χ2n) is 4.35. The largest absolute Gasteiger partial charge is 0.484 e. The molecule has 0 heterocycles. The highest BCUT2D eigenvalue weighted by molar-refractivity contribution is 5.52. The predicted octanol–water partition coefficient (Wildman–Crippen LogP) is 1.64. The van der Waals surface area contributed by atoms with E-state index < -0.39 is 11.0 Å². The first-order chi connectivity index (χ1) is 9.06. The SMILES string of the molecule is CCCNCC(O)COc1cccc(C)c1[N+](=O)[O-]. The van der Waals surface area contributed by atoms with Crippen LogP contribution in [0.3, 0.4) is 0 Å². The molecule has 0 aromatic heterocycles. The molecule has 1 aromatic carbocycles. The van der Waals surface area contributed by atoms with Crippen LogP contribution in [-0.4, -0.2) is 35.8 Å². The third-order valence-electron chi connectivity index (χ3n) is 2.62. The summed E-state index contributed by atoms with van der Waals surface area (Å²) in [6.07, 6.45) is 0.295. The van der Waals surface area contributed by atoms with Crippen molar-refractivity contribution in [2.24, 2.45) is 0 Å². The molecule has 106 valence electrons. The van der Waals surface area contributed by atoms with Crippen LogP contribution in [-0.2, 0) is 0 Å². The maximum absolute atomic E-state index is 10.9. The molecular formula is C13H20N2O4. The van der Waals surface area contributed by atoms with Crippen LogP contribution in [0.15, 0.2) is 18.2 Å². The molecular weight excluding hydrogens is 248 g/mol. The van der Waals surface area contributed by atoms with E-state index in [-0.39, 0.29) is 18.0 Å². The quantitative estimate of drug-likeness (QED) is 0.425. The molecule has 0 saturated heterocycles. The zero-order valence-electron chi connectivity index (χ0n) is 11.3. The van der Waals surface area contributed by atoms with Crippen LogP contribution < -0.4 is 10.1 Å². The number of ether oxygens (including phenoxy) is 1. The van der Waals surface area contributed by atoms with Crippen molar-refractivity contribution in [2.75, 3.05) is 19.7 Å². The fourth-order valence-corrected chi connectivity index (χ4v) is 1.67. The number of benzene rings is 1. The Balaban J connectivity index is 2.58. The monoisotopic (exact) mass is 268 g/mol. The maximum Gasteiger partial charge on any atom is 0.313 e. The van der Waals surface area contributed by atoms with Crippen LogP contribution in [0.4, 0.5) is 5.69 Å². The summed E-state index contributed by atoms with van der Waals surface area (Å²) >= 11 is 0. The van der Waals surface area contributed by atoms with Crippen molar-refractivity contribution < 1.29 is 14.8 Å². The molecule has 0 amide bonds. The number of hydrogen-bond donors (Lipinski definition) is 2. The maximum atomic E-state index is 10.9. The summed E-state index contributed by atoms with van der Waals surface area (Å²) in [5.41, 5.74) is 0.498. The summed E-state index contributed by atoms with van der Waals surface area (Å²) in [5, 5.41) is 23.7. The van der Waals surface area contributed by atoms with Crippen LogP contribution >= 0.6 is 0 Å². The fourth-order valence-electron chi connectivity index (χ4n) is 1.67. The summed E-state index contributed by atoms with van der Waals surface area (Å²) in [6, 6.07) is 4.89. The standard InChI is InChI=1S/C13H20N2O4/c1-3-7-14-8-11(16)9-19-12-6-4-5-10(2)13(12)15(17)18/h4-6,11,14,16H,3,7-9H2,1-2H3. The highest BCUT2D eigenvalue weighted by Crippen LogP contribution is 2.30. The highest BCUT2D eigenvalue weighted by Gasteiger charge is 2.18. The lowest BCUT2D eigenvalue weighted by Gasteiger charge is -2.13. The zero-order chi connectivity index (χ0) is 14.3. The predicted molar refractivity (Wildman–Crippen MR) is 72.5 cm³/mol. The van der Waals surface area contributed by atoms with Crippen LogP contribution in [0, 0.1) is 17.0 Å². The second-order valence-corrected chi connectivity index (χ2v) is 4.35. The Morgan fingerprint density at radius 3 is 2.89 bits per heavy atom. The van der Waals surface area contributed by atoms with E-state index in [2.05, 4.69) is 5.32 Å². The summed E-state index contributed by atoms with van der Waals surface area (Å²) < 4.78 is 5.34. The number of nitrogens with zero attached hydrogens (tertiary/aromatic N) is 1. The molecule has 6 heteroatoms. The molecule has 1 aromatic rings. The van der Waals surface area contributed by atoms with E-state index in [1.165, 1.54) is 6.07 Å². The molecule has 0 spiro atoms. The number of aryl methyl sites for hydroxylation is 1. The lowest BCUT2D eigenvalue weighted by molar-refractivity contribution is -0.386. The van der Waals surface area contributed by atoms with Crippen molar-refractivity contribution in [3.63, 3.8) is 0 Å². The Morgan fingerprint density at radius 2 is 2.26 bits per heavy atom. The number of para-hydroxylation sites is 1. The van der Waals surface area contributed by atoms with E-state index in [1.807, 2.05) is 6.92 Å². The van der Waals surface area contributed by atoms with Gasteiger partial charge in [-0.3, -0.25) is 10.1 Å². The number of nitro benzene ring substituents is 1.